The minimum absolute atomic E-state index is 0.381. The van der Waals surface area contributed by atoms with Crippen molar-refractivity contribution in [3.63, 3.8) is 0 Å². The molecule has 0 fully saturated rings. The average Bonchev–Trinajstić information content (AvgIpc) is 2.20. The van der Waals surface area contributed by atoms with Crippen LogP contribution in [0.1, 0.15) is 29.8 Å². The van der Waals surface area contributed by atoms with Crippen LogP contribution >= 0.6 is 11.6 Å². The van der Waals surface area contributed by atoms with E-state index in [9.17, 15) is 9.59 Å². The number of rotatable bonds is 3. The molecule has 0 radical (unpaired) electrons. The Morgan fingerprint density at radius 1 is 1.35 bits per heavy atom. The SMILES string of the molecule is Cc1ccc(Cl)cc1C(=O)NC(C)(C)C(=O)O. The van der Waals surface area contributed by atoms with Gasteiger partial charge in [0.2, 0.25) is 0 Å². The van der Waals surface area contributed by atoms with Crippen molar-refractivity contribution in [2.24, 2.45) is 0 Å². The molecule has 0 spiro atoms. The van der Waals surface area contributed by atoms with Gasteiger partial charge >= 0.3 is 5.97 Å². The minimum Gasteiger partial charge on any atom is -0.480 e. The van der Waals surface area contributed by atoms with Crippen molar-refractivity contribution in [2.45, 2.75) is 26.3 Å². The summed E-state index contributed by atoms with van der Waals surface area (Å²) in [5.41, 5.74) is -0.189. The fourth-order valence-corrected chi connectivity index (χ4v) is 1.42. The van der Waals surface area contributed by atoms with Crippen molar-refractivity contribution in [1.29, 1.82) is 0 Å². The highest BCUT2D eigenvalue weighted by atomic mass is 35.5. The number of halogens is 1. The second-order valence-electron chi connectivity index (χ2n) is 4.34. The van der Waals surface area contributed by atoms with Crippen LogP contribution < -0.4 is 5.32 Å². The molecule has 92 valence electrons. The van der Waals surface area contributed by atoms with Gasteiger partial charge in [-0.15, -0.1) is 0 Å². The van der Waals surface area contributed by atoms with Crippen LogP contribution in [0.3, 0.4) is 0 Å². The first-order chi connectivity index (χ1) is 7.74. The Balaban J connectivity index is 2.98. The van der Waals surface area contributed by atoms with E-state index in [0.717, 1.165) is 5.56 Å². The standard InChI is InChI=1S/C12H14ClNO3/c1-7-4-5-8(13)6-9(7)10(15)14-12(2,3)11(16)17/h4-6H,1-3H3,(H,14,15)(H,16,17). The maximum atomic E-state index is 11.9. The lowest BCUT2D eigenvalue weighted by Gasteiger charge is -2.21. The number of amides is 1. The number of nitrogens with one attached hydrogen (secondary N) is 1. The Hall–Kier alpha value is -1.55. The fraction of sp³-hybridized carbons (Fsp3) is 0.333. The van der Waals surface area contributed by atoms with Crippen LogP contribution in [0.4, 0.5) is 0 Å². The van der Waals surface area contributed by atoms with Crippen LogP contribution in [0.25, 0.3) is 0 Å². The molecule has 0 aliphatic rings. The second kappa shape index (κ2) is 4.75. The summed E-state index contributed by atoms with van der Waals surface area (Å²) >= 11 is 5.80. The van der Waals surface area contributed by atoms with Crippen molar-refractivity contribution >= 4 is 23.5 Å². The highest BCUT2D eigenvalue weighted by molar-refractivity contribution is 6.31. The zero-order valence-electron chi connectivity index (χ0n) is 9.87. The van der Waals surface area contributed by atoms with Crippen LogP contribution in [0, 0.1) is 6.92 Å². The summed E-state index contributed by atoms with van der Waals surface area (Å²) in [6.45, 7) is 4.61. The molecule has 0 saturated heterocycles. The Labute approximate surface area is 105 Å². The Morgan fingerprint density at radius 3 is 2.47 bits per heavy atom. The summed E-state index contributed by atoms with van der Waals surface area (Å²) in [7, 11) is 0. The minimum atomic E-state index is -1.31. The quantitative estimate of drug-likeness (QED) is 0.871. The normalized spacial score (nSPS) is 11.1. The molecule has 17 heavy (non-hydrogen) atoms. The third-order valence-electron chi connectivity index (χ3n) is 2.40. The van der Waals surface area contributed by atoms with Gasteiger partial charge in [-0.3, -0.25) is 4.79 Å². The highest BCUT2D eigenvalue weighted by Gasteiger charge is 2.29. The topological polar surface area (TPSA) is 66.4 Å². The molecule has 0 heterocycles. The molecule has 4 nitrogen and oxygen atoms in total. The van der Waals surface area contributed by atoms with E-state index in [1.807, 2.05) is 0 Å². The van der Waals surface area contributed by atoms with E-state index >= 15 is 0 Å². The van der Waals surface area contributed by atoms with Gasteiger partial charge < -0.3 is 10.4 Å². The molecule has 0 unspecified atom stereocenters. The smallest absolute Gasteiger partial charge is 0.328 e. The maximum absolute atomic E-state index is 11.9. The van der Waals surface area contributed by atoms with E-state index in [0.29, 0.717) is 10.6 Å². The number of carboxylic acids is 1. The van der Waals surface area contributed by atoms with Gasteiger partial charge in [0.1, 0.15) is 5.54 Å². The first-order valence-corrected chi connectivity index (χ1v) is 5.44. The van der Waals surface area contributed by atoms with Crippen LogP contribution in [0.5, 0.6) is 0 Å². The Morgan fingerprint density at radius 2 is 1.94 bits per heavy atom. The number of hydrogen-bond acceptors (Lipinski definition) is 2. The third kappa shape index (κ3) is 3.20. The lowest BCUT2D eigenvalue weighted by atomic mass is 10.0. The summed E-state index contributed by atoms with van der Waals surface area (Å²) in [5, 5.41) is 11.8. The van der Waals surface area contributed by atoms with E-state index in [1.165, 1.54) is 19.9 Å². The number of aliphatic carboxylic acids is 1. The summed E-state index contributed by atoms with van der Waals surface area (Å²) in [4.78, 5) is 22.8. The summed E-state index contributed by atoms with van der Waals surface area (Å²) in [6, 6.07) is 4.91. The molecule has 0 atom stereocenters. The van der Waals surface area contributed by atoms with E-state index < -0.39 is 17.4 Å². The van der Waals surface area contributed by atoms with E-state index in [1.54, 1.807) is 19.1 Å². The van der Waals surface area contributed by atoms with Gasteiger partial charge in [0, 0.05) is 10.6 Å². The summed E-state index contributed by atoms with van der Waals surface area (Å²) in [6.07, 6.45) is 0. The molecular formula is C12H14ClNO3. The second-order valence-corrected chi connectivity index (χ2v) is 4.78. The van der Waals surface area contributed by atoms with Crippen molar-refractivity contribution in [3.05, 3.63) is 34.3 Å². The van der Waals surface area contributed by atoms with Gasteiger partial charge in [0.05, 0.1) is 0 Å². The van der Waals surface area contributed by atoms with E-state index in [4.69, 9.17) is 16.7 Å². The first kappa shape index (κ1) is 13.5. The number of carbonyl (C=O) groups is 2. The monoisotopic (exact) mass is 255 g/mol. The van der Waals surface area contributed by atoms with E-state index in [-0.39, 0.29) is 0 Å². The Bertz CT molecular complexity index is 469. The van der Waals surface area contributed by atoms with Crippen LogP contribution in [-0.2, 0) is 4.79 Å². The zero-order chi connectivity index (χ0) is 13.2. The summed E-state index contributed by atoms with van der Waals surface area (Å²) < 4.78 is 0. The fourth-order valence-electron chi connectivity index (χ4n) is 1.24. The van der Waals surface area contributed by atoms with Gasteiger partial charge in [0.25, 0.3) is 5.91 Å². The molecule has 0 saturated carbocycles. The van der Waals surface area contributed by atoms with Crippen molar-refractivity contribution < 1.29 is 14.7 Å². The van der Waals surface area contributed by atoms with Gasteiger partial charge in [-0.2, -0.15) is 0 Å². The average molecular weight is 256 g/mol. The lowest BCUT2D eigenvalue weighted by molar-refractivity contribution is -0.143. The molecular weight excluding hydrogens is 242 g/mol. The molecule has 2 N–H and O–H groups in total. The predicted molar refractivity (Wildman–Crippen MR) is 65.4 cm³/mol. The zero-order valence-corrected chi connectivity index (χ0v) is 10.6. The molecule has 1 rings (SSSR count). The van der Waals surface area contributed by atoms with Crippen molar-refractivity contribution in [1.82, 2.24) is 5.32 Å². The molecule has 1 amide bonds. The molecule has 0 aliphatic heterocycles. The molecule has 1 aromatic rings. The van der Waals surface area contributed by atoms with Gasteiger partial charge in [-0.25, -0.2) is 4.79 Å². The molecule has 0 aliphatic carbocycles. The van der Waals surface area contributed by atoms with Crippen LogP contribution in [0.15, 0.2) is 18.2 Å². The third-order valence-corrected chi connectivity index (χ3v) is 2.64. The Kier molecular flexibility index (Phi) is 3.78. The molecule has 0 aromatic heterocycles. The lowest BCUT2D eigenvalue weighted by Crippen LogP contribution is -2.49. The van der Waals surface area contributed by atoms with Crippen LogP contribution in [0.2, 0.25) is 5.02 Å². The van der Waals surface area contributed by atoms with Gasteiger partial charge in [0.15, 0.2) is 0 Å². The number of benzene rings is 1. The number of carbonyl (C=O) groups excluding carboxylic acids is 1. The molecule has 1 aromatic carbocycles. The molecule has 5 heteroatoms. The van der Waals surface area contributed by atoms with Crippen molar-refractivity contribution in [2.75, 3.05) is 0 Å². The highest BCUT2D eigenvalue weighted by Crippen LogP contribution is 2.16. The number of carboxylic acid groups (broad SMARTS) is 1. The summed E-state index contributed by atoms with van der Waals surface area (Å²) in [5.74, 6) is -1.54. The van der Waals surface area contributed by atoms with Crippen molar-refractivity contribution in [3.8, 4) is 0 Å². The van der Waals surface area contributed by atoms with Gasteiger partial charge in [-0.05, 0) is 38.5 Å². The largest absolute Gasteiger partial charge is 0.480 e. The van der Waals surface area contributed by atoms with E-state index in [2.05, 4.69) is 5.32 Å². The first-order valence-electron chi connectivity index (χ1n) is 5.06. The predicted octanol–water partition coefficient (Wildman–Crippen LogP) is 2.24. The van der Waals surface area contributed by atoms with Gasteiger partial charge in [-0.1, -0.05) is 17.7 Å². The maximum Gasteiger partial charge on any atom is 0.328 e. The molecule has 0 bridgehead atoms. The van der Waals surface area contributed by atoms with Crippen LogP contribution in [-0.4, -0.2) is 22.5 Å². The number of hydrogen-bond donors (Lipinski definition) is 2. The number of aryl methyl sites for hydroxylation is 1.